The van der Waals surface area contributed by atoms with E-state index in [0.29, 0.717) is 12.2 Å². The van der Waals surface area contributed by atoms with Crippen LogP contribution in [0.4, 0.5) is 0 Å². The molecule has 0 atom stereocenters. The van der Waals surface area contributed by atoms with Gasteiger partial charge in [-0.3, -0.25) is 4.79 Å². The lowest BCUT2D eigenvalue weighted by Gasteiger charge is -2.36. The number of hydrogen-bond acceptors (Lipinski definition) is 3. The predicted molar refractivity (Wildman–Crippen MR) is 81.7 cm³/mol. The highest BCUT2D eigenvalue weighted by Crippen LogP contribution is 2.37. The van der Waals surface area contributed by atoms with E-state index in [1.54, 1.807) is 0 Å². The van der Waals surface area contributed by atoms with E-state index in [9.17, 15) is 4.79 Å². The van der Waals surface area contributed by atoms with Crippen molar-refractivity contribution in [3.8, 4) is 0 Å². The van der Waals surface area contributed by atoms with E-state index in [1.165, 1.54) is 0 Å². The fourth-order valence-electron chi connectivity index (χ4n) is 1.61. The Bertz CT molecular complexity index is 501. The maximum Gasteiger partial charge on any atom is 0.252 e. The summed E-state index contributed by atoms with van der Waals surface area (Å²) in [5, 5.41) is 0.159. The Hall–Kier alpha value is -0.913. The van der Waals surface area contributed by atoms with Crippen LogP contribution in [0, 0.1) is 6.92 Å². The first kappa shape index (κ1) is 16.1. The minimum absolute atomic E-state index is 0.101. The number of rotatable bonds is 4. The van der Waals surface area contributed by atoms with Crippen molar-refractivity contribution in [3.05, 3.63) is 33.2 Å². The summed E-state index contributed by atoms with van der Waals surface area (Å²) < 4.78 is 6.16. The summed E-state index contributed by atoms with van der Waals surface area (Å²) in [4.78, 5) is 14.6. The van der Waals surface area contributed by atoms with Gasteiger partial charge in [0.05, 0.1) is 6.61 Å². The molecule has 0 saturated carbocycles. The molecule has 1 aromatic heterocycles. The summed E-state index contributed by atoms with van der Waals surface area (Å²) in [5.74, 6) is 0. The molecule has 0 aliphatic heterocycles. The lowest BCUT2D eigenvalue weighted by molar-refractivity contribution is 0.275. The molecule has 19 heavy (non-hydrogen) atoms. The minimum atomic E-state index is -1.81. The van der Waals surface area contributed by atoms with Crippen molar-refractivity contribution in [2.24, 2.45) is 5.73 Å². The molecule has 1 heterocycles. The topological polar surface area (TPSA) is 68.1 Å². The van der Waals surface area contributed by atoms with Crippen LogP contribution in [-0.2, 0) is 17.6 Å². The van der Waals surface area contributed by atoms with Gasteiger partial charge in [0.1, 0.15) is 0 Å². The number of aromatic amines is 1. The Kier molecular flexibility index (Phi) is 4.76. The van der Waals surface area contributed by atoms with E-state index < -0.39 is 8.32 Å². The van der Waals surface area contributed by atoms with Crippen LogP contribution >= 0.6 is 0 Å². The highest BCUT2D eigenvalue weighted by Gasteiger charge is 2.37. The third kappa shape index (κ3) is 3.78. The zero-order chi connectivity index (χ0) is 14.8. The number of aryl methyl sites for hydroxylation is 1. The number of pyridine rings is 1. The second-order valence-electron chi connectivity index (χ2n) is 6.54. The van der Waals surface area contributed by atoms with E-state index in [-0.39, 0.29) is 17.1 Å². The molecule has 3 N–H and O–H groups in total. The van der Waals surface area contributed by atoms with Gasteiger partial charge < -0.3 is 15.1 Å². The molecule has 1 aromatic rings. The highest BCUT2D eigenvalue weighted by atomic mass is 28.4. The molecule has 4 nitrogen and oxygen atoms in total. The number of nitrogens with one attached hydrogen (secondary N) is 1. The van der Waals surface area contributed by atoms with Crippen LogP contribution in [0.1, 0.15) is 37.6 Å². The summed E-state index contributed by atoms with van der Waals surface area (Å²) in [6.45, 7) is 13.6. The second-order valence-corrected chi connectivity index (χ2v) is 11.3. The molecule has 108 valence electrons. The third-order valence-corrected chi connectivity index (χ3v) is 8.44. The molecule has 0 aliphatic rings. The Balaban J connectivity index is 2.99. The smallest absolute Gasteiger partial charge is 0.252 e. The van der Waals surface area contributed by atoms with Gasteiger partial charge in [0.25, 0.3) is 5.56 Å². The molecule has 0 fully saturated rings. The number of hydrogen-bond donors (Lipinski definition) is 2. The zero-order valence-electron chi connectivity index (χ0n) is 12.9. The van der Waals surface area contributed by atoms with Crippen molar-refractivity contribution in [2.45, 2.75) is 59.0 Å². The fourth-order valence-corrected chi connectivity index (χ4v) is 2.56. The molecule has 0 radical (unpaired) electrons. The number of nitrogens with two attached hydrogens (primary N) is 1. The molecule has 0 amide bonds. The van der Waals surface area contributed by atoms with Crippen LogP contribution in [0.2, 0.25) is 18.1 Å². The van der Waals surface area contributed by atoms with Gasteiger partial charge in [-0.2, -0.15) is 0 Å². The van der Waals surface area contributed by atoms with Crippen molar-refractivity contribution in [2.75, 3.05) is 0 Å². The van der Waals surface area contributed by atoms with Gasteiger partial charge >= 0.3 is 0 Å². The molecule has 0 unspecified atom stereocenters. The van der Waals surface area contributed by atoms with Gasteiger partial charge in [-0.05, 0) is 36.7 Å². The van der Waals surface area contributed by atoms with Gasteiger partial charge in [-0.1, -0.05) is 20.8 Å². The maximum atomic E-state index is 11.8. The zero-order valence-corrected chi connectivity index (χ0v) is 13.9. The molecule has 0 bridgehead atoms. The Labute approximate surface area is 116 Å². The number of aromatic nitrogens is 1. The van der Waals surface area contributed by atoms with Gasteiger partial charge in [0, 0.05) is 17.8 Å². The first-order valence-electron chi connectivity index (χ1n) is 6.64. The van der Waals surface area contributed by atoms with Crippen molar-refractivity contribution < 1.29 is 4.43 Å². The third-order valence-electron chi connectivity index (χ3n) is 3.96. The first-order chi connectivity index (χ1) is 8.58. The Morgan fingerprint density at radius 3 is 2.42 bits per heavy atom. The van der Waals surface area contributed by atoms with Crippen LogP contribution in [0.25, 0.3) is 0 Å². The van der Waals surface area contributed by atoms with Crippen LogP contribution in [-0.4, -0.2) is 13.3 Å². The van der Waals surface area contributed by atoms with E-state index in [2.05, 4.69) is 38.8 Å². The van der Waals surface area contributed by atoms with E-state index in [4.69, 9.17) is 10.2 Å². The van der Waals surface area contributed by atoms with Crippen molar-refractivity contribution >= 4 is 8.32 Å². The normalized spacial score (nSPS) is 12.8. The minimum Gasteiger partial charge on any atom is -0.413 e. The quantitative estimate of drug-likeness (QED) is 0.834. The monoisotopic (exact) mass is 282 g/mol. The maximum absolute atomic E-state index is 11.8. The standard InChI is InChI=1S/C14H26N2O2Si/c1-10-7-11(12(8-15)13(17)16-10)9-18-19(5,6)14(2,3)4/h7H,8-9,15H2,1-6H3,(H,16,17). The average molecular weight is 282 g/mol. The molecule has 0 spiro atoms. The SMILES string of the molecule is Cc1cc(CO[Si](C)(C)C(C)(C)C)c(CN)c(=O)[nH]1. The molecule has 5 heteroatoms. The van der Waals surface area contributed by atoms with Crippen LogP contribution in [0.15, 0.2) is 10.9 Å². The lowest BCUT2D eigenvalue weighted by atomic mass is 10.1. The largest absolute Gasteiger partial charge is 0.413 e. The van der Waals surface area contributed by atoms with Crippen molar-refractivity contribution in [3.63, 3.8) is 0 Å². The van der Waals surface area contributed by atoms with Gasteiger partial charge in [0.15, 0.2) is 8.32 Å². The molecular formula is C14H26N2O2Si. The predicted octanol–water partition coefficient (Wildman–Crippen LogP) is 2.66. The lowest BCUT2D eigenvalue weighted by Crippen LogP contribution is -2.40. The number of H-pyrrole nitrogens is 1. The van der Waals surface area contributed by atoms with Crippen molar-refractivity contribution in [1.82, 2.24) is 4.98 Å². The molecule has 1 rings (SSSR count). The molecule has 0 saturated heterocycles. The summed E-state index contributed by atoms with van der Waals surface area (Å²) in [5.41, 5.74) is 7.95. The summed E-state index contributed by atoms with van der Waals surface area (Å²) in [7, 11) is -1.81. The second kappa shape index (κ2) is 5.61. The molecule has 0 aromatic carbocycles. The van der Waals surface area contributed by atoms with Crippen LogP contribution in [0.3, 0.4) is 0 Å². The van der Waals surface area contributed by atoms with Crippen molar-refractivity contribution in [1.29, 1.82) is 0 Å². The van der Waals surface area contributed by atoms with Gasteiger partial charge in [0.2, 0.25) is 0 Å². The van der Waals surface area contributed by atoms with E-state index in [1.807, 2.05) is 13.0 Å². The van der Waals surface area contributed by atoms with Crippen LogP contribution < -0.4 is 11.3 Å². The van der Waals surface area contributed by atoms with E-state index in [0.717, 1.165) is 11.3 Å². The highest BCUT2D eigenvalue weighted by molar-refractivity contribution is 6.74. The fraction of sp³-hybridized carbons (Fsp3) is 0.643. The van der Waals surface area contributed by atoms with Gasteiger partial charge in [-0.25, -0.2) is 0 Å². The summed E-state index contributed by atoms with van der Waals surface area (Å²) >= 11 is 0. The summed E-state index contributed by atoms with van der Waals surface area (Å²) in [6, 6.07) is 1.96. The Morgan fingerprint density at radius 1 is 1.37 bits per heavy atom. The van der Waals surface area contributed by atoms with Gasteiger partial charge in [-0.15, -0.1) is 0 Å². The first-order valence-corrected chi connectivity index (χ1v) is 9.55. The summed E-state index contributed by atoms with van der Waals surface area (Å²) in [6.07, 6.45) is 0. The Morgan fingerprint density at radius 2 is 1.95 bits per heavy atom. The molecule has 0 aliphatic carbocycles. The average Bonchev–Trinajstić information content (AvgIpc) is 2.24. The molecular weight excluding hydrogens is 256 g/mol. The van der Waals surface area contributed by atoms with Crippen LogP contribution in [0.5, 0.6) is 0 Å². The van der Waals surface area contributed by atoms with E-state index >= 15 is 0 Å².